The molecule has 0 aromatic heterocycles. The van der Waals surface area contributed by atoms with Crippen molar-refractivity contribution in [3.8, 4) is 5.75 Å². The van der Waals surface area contributed by atoms with Gasteiger partial charge in [0.05, 0.1) is 12.0 Å². The molecular weight excluding hydrogens is 275 g/mol. The van der Waals surface area contributed by atoms with Gasteiger partial charge in [-0.2, -0.15) is 0 Å². The third-order valence-corrected chi connectivity index (χ3v) is 4.12. The molecule has 0 saturated heterocycles. The SMILES string of the molecule is CC(C)C(Cl)c1cc2c(cc1Br)OCC2. The molecule has 1 aliphatic heterocycles. The van der Waals surface area contributed by atoms with Gasteiger partial charge in [0.25, 0.3) is 0 Å². The lowest BCUT2D eigenvalue weighted by Gasteiger charge is -2.16. The summed E-state index contributed by atoms with van der Waals surface area (Å²) >= 11 is 9.93. The minimum atomic E-state index is 0.0604. The molecule has 1 aliphatic rings. The van der Waals surface area contributed by atoms with E-state index in [0.717, 1.165) is 23.2 Å². The molecule has 1 aromatic rings. The van der Waals surface area contributed by atoms with Crippen LogP contribution in [0.1, 0.15) is 30.4 Å². The Balaban J connectivity index is 2.40. The zero-order valence-electron chi connectivity index (χ0n) is 8.89. The van der Waals surface area contributed by atoms with Crippen molar-refractivity contribution in [2.75, 3.05) is 6.61 Å². The van der Waals surface area contributed by atoms with Crippen molar-refractivity contribution in [2.45, 2.75) is 25.6 Å². The van der Waals surface area contributed by atoms with Crippen LogP contribution in [0.15, 0.2) is 16.6 Å². The van der Waals surface area contributed by atoms with Gasteiger partial charge in [-0.1, -0.05) is 29.8 Å². The Bertz CT molecular complexity index is 376. The predicted octanol–water partition coefficient (Wildman–Crippen LogP) is 4.32. The van der Waals surface area contributed by atoms with Crippen LogP contribution < -0.4 is 4.74 Å². The van der Waals surface area contributed by atoms with Crippen molar-refractivity contribution in [3.63, 3.8) is 0 Å². The molecule has 0 radical (unpaired) electrons. The summed E-state index contributed by atoms with van der Waals surface area (Å²) < 4.78 is 6.55. The van der Waals surface area contributed by atoms with Gasteiger partial charge in [-0.25, -0.2) is 0 Å². The van der Waals surface area contributed by atoms with Gasteiger partial charge in [0, 0.05) is 10.9 Å². The van der Waals surface area contributed by atoms with E-state index < -0.39 is 0 Å². The molecule has 15 heavy (non-hydrogen) atoms. The van der Waals surface area contributed by atoms with Gasteiger partial charge in [-0.15, -0.1) is 11.6 Å². The van der Waals surface area contributed by atoms with E-state index in [9.17, 15) is 0 Å². The second-order valence-electron chi connectivity index (χ2n) is 4.23. The molecule has 1 unspecified atom stereocenters. The van der Waals surface area contributed by atoms with Crippen molar-refractivity contribution in [1.82, 2.24) is 0 Å². The minimum absolute atomic E-state index is 0.0604. The maximum absolute atomic E-state index is 6.38. The smallest absolute Gasteiger partial charge is 0.123 e. The predicted molar refractivity (Wildman–Crippen MR) is 66.8 cm³/mol. The Morgan fingerprint density at radius 3 is 2.80 bits per heavy atom. The van der Waals surface area contributed by atoms with Crippen LogP contribution in [0.2, 0.25) is 0 Å². The zero-order valence-corrected chi connectivity index (χ0v) is 11.2. The van der Waals surface area contributed by atoms with Crippen molar-refractivity contribution in [2.24, 2.45) is 5.92 Å². The zero-order chi connectivity index (χ0) is 11.0. The Morgan fingerprint density at radius 2 is 2.13 bits per heavy atom. The monoisotopic (exact) mass is 288 g/mol. The average molecular weight is 290 g/mol. The lowest BCUT2D eigenvalue weighted by molar-refractivity contribution is 0.356. The third-order valence-electron chi connectivity index (χ3n) is 2.69. The Hall–Kier alpha value is -0.210. The lowest BCUT2D eigenvalue weighted by Crippen LogP contribution is -2.00. The summed E-state index contributed by atoms with van der Waals surface area (Å²) in [4.78, 5) is 0. The molecule has 1 atom stereocenters. The van der Waals surface area contributed by atoms with E-state index in [2.05, 4.69) is 35.8 Å². The second-order valence-corrected chi connectivity index (χ2v) is 5.55. The van der Waals surface area contributed by atoms with Gasteiger partial charge in [0.15, 0.2) is 0 Å². The molecule has 1 nitrogen and oxygen atoms in total. The molecule has 0 N–H and O–H groups in total. The van der Waals surface area contributed by atoms with E-state index in [1.54, 1.807) is 0 Å². The maximum atomic E-state index is 6.38. The molecular formula is C12H14BrClO. The number of halogens is 2. The van der Waals surface area contributed by atoms with Gasteiger partial charge in [0.2, 0.25) is 0 Å². The van der Waals surface area contributed by atoms with Gasteiger partial charge in [-0.3, -0.25) is 0 Å². The maximum Gasteiger partial charge on any atom is 0.123 e. The molecule has 1 heterocycles. The highest BCUT2D eigenvalue weighted by molar-refractivity contribution is 9.10. The van der Waals surface area contributed by atoms with Crippen LogP contribution in [0.25, 0.3) is 0 Å². The Labute approximate surface area is 104 Å². The molecule has 0 amide bonds. The van der Waals surface area contributed by atoms with E-state index in [1.807, 2.05) is 6.07 Å². The van der Waals surface area contributed by atoms with Crippen LogP contribution in [-0.2, 0) is 6.42 Å². The van der Waals surface area contributed by atoms with E-state index in [4.69, 9.17) is 16.3 Å². The summed E-state index contributed by atoms with van der Waals surface area (Å²) in [5.74, 6) is 1.43. The molecule has 0 bridgehead atoms. The average Bonchev–Trinajstić information content (AvgIpc) is 2.62. The highest BCUT2D eigenvalue weighted by Gasteiger charge is 2.20. The van der Waals surface area contributed by atoms with Crippen molar-refractivity contribution in [1.29, 1.82) is 0 Å². The van der Waals surface area contributed by atoms with Crippen LogP contribution in [0.3, 0.4) is 0 Å². The van der Waals surface area contributed by atoms with Crippen molar-refractivity contribution in [3.05, 3.63) is 27.7 Å². The molecule has 0 saturated carbocycles. The van der Waals surface area contributed by atoms with Crippen LogP contribution in [0.5, 0.6) is 5.75 Å². The summed E-state index contributed by atoms with van der Waals surface area (Å²) in [5.41, 5.74) is 2.45. The number of rotatable bonds is 2. The topological polar surface area (TPSA) is 9.23 Å². The first-order chi connectivity index (χ1) is 7.09. The number of alkyl halides is 1. The van der Waals surface area contributed by atoms with Crippen LogP contribution in [0, 0.1) is 5.92 Å². The van der Waals surface area contributed by atoms with E-state index in [0.29, 0.717) is 5.92 Å². The first-order valence-corrected chi connectivity index (χ1v) is 6.41. The molecule has 1 aromatic carbocycles. The fourth-order valence-electron chi connectivity index (χ4n) is 1.79. The van der Waals surface area contributed by atoms with Gasteiger partial charge < -0.3 is 4.74 Å². The fourth-order valence-corrected chi connectivity index (χ4v) is 2.67. The first kappa shape index (κ1) is 11.3. The van der Waals surface area contributed by atoms with Crippen molar-refractivity contribution >= 4 is 27.5 Å². The van der Waals surface area contributed by atoms with Crippen molar-refractivity contribution < 1.29 is 4.74 Å². The fraction of sp³-hybridized carbons (Fsp3) is 0.500. The highest BCUT2D eigenvalue weighted by atomic mass is 79.9. The number of ether oxygens (including phenoxy) is 1. The minimum Gasteiger partial charge on any atom is -0.493 e. The standard InChI is InChI=1S/C12H14BrClO/c1-7(2)12(14)9-5-8-3-4-15-11(8)6-10(9)13/h5-7,12H,3-4H2,1-2H3. The summed E-state index contributed by atoms with van der Waals surface area (Å²) in [5, 5.41) is 0.0604. The normalized spacial score (nSPS) is 16.3. The molecule has 0 aliphatic carbocycles. The van der Waals surface area contributed by atoms with Crippen LogP contribution >= 0.6 is 27.5 Å². The van der Waals surface area contributed by atoms with E-state index >= 15 is 0 Å². The Kier molecular flexibility index (Phi) is 3.27. The van der Waals surface area contributed by atoms with E-state index in [1.165, 1.54) is 11.1 Å². The third kappa shape index (κ3) is 2.16. The number of hydrogen-bond acceptors (Lipinski definition) is 1. The second kappa shape index (κ2) is 4.34. The quantitative estimate of drug-likeness (QED) is 0.737. The van der Waals surface area contributed by atoms with Gasteiger partial charge in [-0.05, 0) is 29.2 Å². The summed E-state index contributed by atoms with van der Waals surface area (Å²) in [6.07, 6.45) is 0.997. The summed E-state index contributed by atoms with van der Waals surface area (Å²) in [6, 6.07) is 4.21. The van der Waals surface area contributed by atoms with E-state index in [-0.39, 0.29) is 5.38 Å². The molecule has 2 rings (SSSR count). The molecule has 0 spiro atoms. The van der Waals surface area contributed by atoms with Gasteiger partial charge >= 0.3 is 0 Å². The summed E-state index contributed by atoms with van der Waals surface area (Å²) in [6.45, 7) is 5.06. The number of benzene rings is 1. The summed E-state index contributed by atoms with van der Waals surface area (Å²) in [7, 11) is 0. The lowest BCUT2D eigenvalue weighted by atomic mass is 9.99. The van der Waals surface area contributed by atoms with Gasteiger partial charge in [0.1, 0.15) is 5.75 Å². The highest BCUT2D eigenvalue weighted by Crippen LogP contribution is 2.39. The van der Waals surface area contributed by atoms with Crippen LogP contribution in [-0.4, -0.2) is 6.61 Å². The molecule has 3 heteroatoms. The largest absolute Gasteiger partial charge is 0.493 e. The van der Waals surface area contributed by atoms with Crippen LogP contribution in [0.4, 0.5) is 0 Å². The number of fused-ring (bicyclic) bond motifs is 1. The first-order valence-electron chi connectivity index (χ1n) is 5.18. The Morgan fingerprint density at radius 1 is 1.40 bits per heavy atom. The molecule has 0 fully saturated rings. The molecule has 82 valence electrons. The number of hydrogen-bond donors (Lipinski definition) is 0.